The highest BCUT2D eigenvalue weighted by molar-refractivity contribution is 7.99. The normalized spacial score (nSPS) is 12.4. The fourth-order valence-corrected chi connectivity index (χ4v) is 2.76. The molecule has 2 aromatic carbocycles. The van der Waals surface area contributed by atoms with E-state index in [1.54, 1.807) is 11.8 Å². The second-order valence-corrected chi connectivity index (χ2v) is 5.42. The van der Waals surface area contributed by atoms with Crippen LogP contribution in [0.3, 0.4) is 0 Å². The summed E-state index contributed by atoms with van der Waals surface area (Å²) >= 11 is 1.62. The summed E-state index contributed by atoms with van der Waals surface area (Å²) in [5.41, 5.74) is 7.80. The fraction of sp³-hybridized carbons (Fsp3) is 0.200. The first kappa shape index (κ1) is 14.0. The molecule has 0 aromatic heterocycles. The van der Waals surface area contributed by atoms with E-state index in [0.717, 1.165) is 11.0 Å². The molecule has 2 aromatic rings. The summed E-state index contributed by atoms with van der Waals surface area (Å²) in [6.45, 7) is 2.03. The molecule has 0 aliphatic heterocycles. The van der Waals surface area contributed by atoms with E-state index in [-0.39, 0.29) is 6.04 Å². The largest absolute Gasteiger partial charge is 0.323 e. The summed E-state index contributed by atoms with van der Waals surface area (Å²) in [4.78, 5) is 1.15. The summed E-state index contributed by atoms with van der Waals surface area (Å²) < 4.78 is 26.0. The molecule has 0 saturated carbocycles. The molecular formula is C15H15F2NS. The average molecular weight is 279 g/mol. The van der Waals surface area contributed by atoms with Crippen LogP contribution in [0.2, 0.25) is 0 Å². The molecule has 0 amide bonds. The predicted octanol–water partition coefficient (Wildman–Crippen LogP) is 4.07. The van der Waals surface area contributed by atoms with Crippen molar-refractivity contribution in [2.75, 3.05) is 5.75 Å². The second kappa shape index (κ2) is 6.17. The Morgan fingerprint density at radius 1 is 1.11 bits per heavy atom. The van der Waals surface area contributed by atoms with Gasteiger partial charge in [0.2, 0.25) is 0 Å². The summed E-state index contributed by atoms with van der Waals surface area (Å²) in [6.07, 6.45) is 0. The molecule has 2 rings (SSSR count). The third-order valence-electron chi connectivity index (χ3n) is 2.88. The molecule has 4 heteroatoms. The molecule has 0 aliphatic carbocycles. The second-order valence-electron chi connectivity index (χ2n) is 4.36. The average Bonchev–Trinajstić information content (AvgIpc) is 2.40. The van der Waals surface area contributed by atoms with Crippen molar-refractivity contribution in [3.8, 4) is 0 Å². The molecular weight excluding hydrogens is 264 g/mol. The molecule has 19 heavy (non-hydrogen) atoms. The topological polar surface area (TPSA) is 26.0 Å². The molecule has 0 spiro atoms. The lowest BCUT2D eigenvalue weighted by atomic mass is 10.1. The minimum Gasteiger partial charge on any atom is -0.323 e. The Morgan fingerprint density at radius 3 is 2.53 bits per heavy atom. The van der Waals surface area contributed by atoms with Crippen molar-refractivity contribution >= 4 is 11.8 Å². The van der Waals surface area contributed by atoms with Crippen LogP contribution in [0.1, 0.15) is 17.2 Å². The van der Waals surface area contributed by atoms with Gasteiger partial charge in [-0.1, -0.05) is 24.3 Å². The van der Waals surface area contributed by atoms with Crippen molar-refractivity contribution < 1.29 is 8.78 Å². The van der Waals surface area contributed by atoms with E-state index in [1.165, 1.54) is 17.7 Å². The van der Waals surface area contributed by atoms with Crippen molar-refractivity contribution in [2.45, 2.75) is 17.9 Å². The van der Waals surface area contributed by atoms with E-state index < -0.39 is 11.6 Å². The van der Waals surface area contributed by atoms with Crippen LogP contribution >= 0.6 is 11.8 Å². The van der Waals surface area contributed by atoms with Gasteiger partial charge in [0.05, 0.1) is 0 Å². The third kappa shape index (κ3) is 3.55. The highest BCUT2D eigenvalue weighted by Crippen LogP contribution is 2.26. The number of rotatable bonds is 4. The molecule has 1 unspecified atom stereocenters. The summed E-state index contributed by atoms with van der Waals surface area (Å²) in [5.74, 6) is -1.08. The van der Waals surface area contributed by atoms with Crippen molar-refractivity contribution in [2.24, 2.45) is 5.73 Å². The Kier molecular flexibility index (Phi) is 4.56. The fourth-order valence-electron chi connectivity index (χ4n) is 1.74. The third-order valence-corrected chi connectivity index (χ3v) is 4.18. The van der Waals surface area contributed by atoms with E-state index in [2.05, 4.69) is 0 Å². The maximum atomic E-state index is 13.1. The number of aryl methyl sites for hydroxylation is 1. The van der Waals surface area contributed by atoms with Gasteiger partial charge in [0, 0.05) is 16.7 Å². The number of thioether (sulfide) groups is 1. The molecule has 0 radical (unpaired) electrons. The zero-order valence-electron chi connectivity index (χ0n) is 10.6. The minimum absolute atomic E-state index is 0.320. The van der Waals surface area contributed by atoms with Crippen LogP contribution in [0.5, 0.6) is 0 Å². The van der Waals surface area contributed by atoms with Crippen LogP contribution in [-0.2, 0) is 0 Å². The van der Waals surface area contributed by atoms with Crippen molar-refractivity contribution in [1.82, 2.24) is 0 Å². The lowest BCUT2D eigenvalue weighted by Crippen LogP contribution is -2.13. The number of nitrogens with two attached hydrogens (primary N) is 1. The van der Waals surface area contributed by atoms with Gasteiger partial charge in [-0.25, -0.2) is 8.78 Å². The molecule has 1 atom stereocenters. The molecule has 0 fully saturated rings. The van der Waals surface area contributed by atoms with Crippen LogP contribution in [0, 0.1) is 18.6 Å². The zero-order valence-corrected chi connectivity index (χ0v) is 11.4. The lowest BCUT2D eigenvalue weighted by molar-refractivity contribution is 0.506. The SMILES string of the molecule is Cc1ccccc1SCC(N)c1ccc(F)c(F)c1. The van der Waals surface area contributed by atoms with E-state index in [9.17, 15) is 8.78 Å². The standard InChI is InChI=1S/C15H15F2NS/c1-10-4-2-3-5-15(10)19-9-14(18)11-6-7-12(16)13(17)8-11/h2-8,14H,9,18H2,1H3. The van der Waals surface area contributed by atoms with Gasteiger partial charge in [-0.2, -0.15) is 0 Å². The Balaban J connectivity index is 2.03. The first-order valence-corrected chi connectivity index (χ1v) is 6.95. The van der Waals surface area contributed by atoms with Gasteiger partial charge in [-0.3, -0.25) is 0 Å². The van der Waals surface area contributed by atoms with Crippen molar-refractivity contribution in [1.29, 1.82) is 0 Å². The van der Waals surface area contributed by atoms with E-state index in [1.807, 2.05) is 31.2 Å². The van der Waals surface area contributed by atoms with Gasteiger partial charge in [0.25, 0.3) is 0 Å². The van der Waals surface area contributed by atoms with E-state index in [4.69, 9.17) is 5.73 Å². The van der Waals surface area contributed by atoms with Crippen LogP contribution in [0.25, 0.3) is 0 Å². The number of hydrogen-bond donors (Lipinski definition) is 1. The highest BCUT2D eigenvalue weighted by Gasteiger charge is 2.10. The molecule has 0 saturated heterocycles. The smallest absolute Gasteiger partial charge is 0.159 e. The molecule has 1 nitrogen and oxygen atoms in total. The number of benzene rings is 2. The Bertz CT molecular complexity index is 572. The van der Waals surface area contributed by atoms with E-state index >= 15 is 0 Å². The van der Waals surface area contributed by atoms with Crippen molar-refractivity contribution in [3.05, 3.63) is 65.2 Å². The number of halogens is 2. The highest BCUT2D eigenvalue weighted by atomic mass is 32.2. The predicted molar refractivity (Wildman–Crippen MR) is 75.2 cm³/mol. The number of hydrogen-bond acceptors (Lipinski definition) is 2. The van der Waals surface area contributed by atoms with Gasteiger partial charge >= 0.3 is 0 Å². The van der Waals surface area contributed by atoms with Gasteiger partial charge in [0.15, 0.2) is 11.6 Å². The maximum Gasteiger partial charge on any atom is 0.159 e. The Hall–Kier alpha value is -1.39. The Labute approximate surface area is 115 Å². The zero-order chi connectivity index (χ0) is 13.8. The maximum absolute atomic E-state index is 13.1. The molecule has 0 aliphatic rings. The molecule has 100 valence electrons. The Morgan fingerprint density at radius 2 is 1.84 bits per heavy atom. The van der Waals surface area contributed by atoms with Gasteiger partial charge in [0.1, 0.15) is 0 Å². The van der Waals surface area contributed by atoms with Crippen LogP contribution < -0.4 is 5.73 Å². The first-order valence-electron chi connectivity index (χ1n) is 5.97. The quantitative estimate of drug-likeness (QED) is 0.854. The van der Waals surface area contributed by atoms with Crippen LogP contribution in [0.15, 0.2) is 47.4 Å². The summed E-state index contributed by atoms with van der Waals surface area (Å²) in [7, 11) is 0. The van der Waals surface area contributed by atoms with Gasteiger partial charge < -0.3 is 5.73 Å². The lowest BCUT2D eigenvalue weighted by Gasteiger charge is -2.13. The van der Waals surface area contributed by atoms with Gasteiger partial charge in [-0.15, -0.1) is 11.8 Å². The molecule has 0 bridgehead atoms. The van der Waals surface area contributed by atoms with Crippen LogP contribution in [-0.4, -0.2) is 5.75 Å². The summed E-state index contributed by atoms with van der Waals surface area (Å²) in [6, 6.07) is 11.5. The first-order chi connectivity index (χ1) is 9.08. The van der Waals surface area contributed by atoms with Crippen LogP contribution in [0.4, 0.5) is 8.78 Å². The molecule has 2 N–H and O–H groups in total. The summed E-state index contributed by atoms with van der Waals surface area (Å²) in [5, 5.41) is 0. The van der Waals surface area contributed by atoms with E-state index in [0.29, 0.717) is 11.3 Å². The molecule has 0 heterocycles. The minimum atomic E-state index is -0.853. The van der Waals surface area contributed by atoms with Gasteiger partial charge in [-0.05, 0) is 36.2 Å². The van der Waals surface area contributed by atoms with Crippen molar-refractivity contribution in [3.63, 3.8) is 0 Å². The monoisotopic (exact) mass is 279 g/mol.